The van der Waals surface area contributed by atoms with Crippen LogP contribution in [0, 0.1) is 0 Å². The third-order valence-electron chi connectivity index (χ3n) is 1.69. The Bertz CT molecular complexity index is 293. The van der Waals surface area contributed by atoms with Gasteiger partial charge in [-0.3, -0.25) is 5.84 Å². The minimum Gasteiger partial charge on any atom is -0.497 e. The molecule has 1 aromatic rings. The van der Waals surface area contributed by atoms with Gasteiger partial charge in [0.1, 0.15) is 5.75 Å². The average Bonchev–Trinajstić information content (AvgIpc) is 2.16. The lowest BCUT2D eigenvalue weighted by atomic mass is 9.79. The molecule has 0 atom stereocenters. The largest absolute Gasteiger partial charge is 0.497 e. The summed E-state index contributed by atoms with van der Waals surface area (Å²) in [7, 11) is -0.0260. The highest BCUT2D eigenvalue weighted by Gasteiger charge is 2.15. The highest BCUT2D eigenvalue weighted by atomic mass is 16.5. The predicted octanol–water partition coefficient (Wildman–Crippen LogP) is -1.34. The molecule has 0 aliphatic rings. The summed E-state index contributed by atoms with van der Waals surface area (Å²) in [5.74, 6) is 5.78. The first-order valence-electron chi connectivity index (χ1n) is 3.69. The molecule has 0 heterocycles. The van der Waals surface area contributed by atoms with E-state index in [4.69, 9.17) is 20.6 Å². The van der Waals surface area contributed by atoms with Crippen LogP contribution in [0.25, 0.3) is 0 Å². The van der Waals surface area contributed by atoms with Crippen molar-refractivity contribution in [3.8, 4) is 5.75 Å². The lowest BCUT2D eigenvalue weighted by Gasteiger charge is -2.09. The van der Waals surface area contributed by atoms with Gasteiger partial charge in [0.2, 0.25) is 0 Å². The van der Waals surface area contributed by atoms with E-state index < -0.39 is 7.12 Å². The average molecular weight is 182 g/mol. The van der Waals surface area contributed by atoms with E-state index in [9.17, 15) is 0 Å². The van der Waals surface area contributed by atoms with Crippen LogP contribution in [-0.2, 0) is 0 Å². The Morgan fingerprint density at radius 1 is 1.46 bits per heavy atom. The predicted molar refractivity (Wildman–Crippen MR) is 50.6 cm³/mol. The number of ether oxygens (including phenoxy) is 1. The summed E-state index contributed by atoms with van der Waals surface area (Å²) in [6.07, 6.45) is 0. The molecule has 0 aliphatic carbocycles. The molecular formula is C7H11BN2O3. The summed E-state index contributed by atoms with van der Waals surface area (Å²) in [5, 5.41) is 17.8. The number of nitrogens with two attached hydrogens (primary N) is 1. The fraction of sp³-hybridized carbons (Fsp3) is 0.143. The molecule has 1 aromatic carbocycles. The fourth-order valence-corrected chi connectivity index (χ4v) is 1.01. The van der Waals surface area contributed by atoms with E-state index in [-0.39, 0.29) is 0 Å². The molecule has 0 unspecified atom stereocenters. The fourth-order valence-electron chi connectivity index (χ4n) is 1.01. The van der Waals surface area contributed by atoms with Gasteiger partial charge in [-0.2, -0.15) is 0 Å². The zero-order valence-electron chi connectivity index (χ0n) is 7.19. The Labute approximate surface area is 76.3 Å². The van der Waals surface area contributed by atoms with Crippen LogP contribution in [0.15, 0.2) is 18.2 Å². The van der Waals surface area contributed by atoms with Crippen molar-refractivity contribution in [3.63, 3.8) is 0 Å². The second-order valence-electron chi connectivity index (χ2n) is 2.47. The van der Waals surface area contributed by atoms with Gasteiger partial charge in [-0.15, -0.1) is 0 Å². The van der Waals surface area contributed by atoms with Gasteiger partial charge in [-0.05, 0) is 6.07 Å². The van der Waals surface area contributed by atoms with Crippen molar-refractivity contribution in [2.45, 2.75) is 0 Å². The van der Waals surface area contributed by atoms with Crippen molar-refractivity contribution in [3.05, 3.63) is 18.2 Å². The van der Waals surface area contributed by atoms with Crippen molar-refractivity contribution in [1.29, 1.82) is 0 Å². The van der Waals surface area contributed by atoms with E-state index in [1.807, 2.05) is 0 Å². The lowest BCUT2D eigenvalue weighted by molar-refractivity contribution is 0.414. The molecular weight excluding hydrogens is 171 g/mol. The molecule has 6 heteroatoms. The third-order valence-corrected chi connectivity index (χ3v) is 1.69. The van der Waals surface area contributed by atoms with Gasteiger partial charge in [0.25, 0.3) is 0 Å². The third kappa shape index (κ3) is 2.12. The molecule has 0 saturated carbocycles. The maximum absolute atomic E-state index is 8.92. The van der Waals surface area contributed by atoms with Crippen LogP contribution in [-0.4, -0.2) is 24.3 Å². The van der Waals surface area contributed by atoms with Gasteiger partial charge in [0.15, 0.2) is 0 Å². The summed E-state index contributed by atoms with van der Waals surface area (Å²) in [4.78, 5) is 0. The molecule has 1 rings (SSSR count). The van der Waals surface area contributed by atoms with E-state index in [0.717, 1.165) is 0 Å². The number of rotatable bonds is 3. The highest BCUT2D eigenvalue weighted by molar-refractivity contribution is 6.60. The Morgan fingerprint density at radius 2 is 2.15 bits per heavy atom. The summed E-state index contributed by atoms with van der Waals surface area (Å²) >= 11 is 0. The molecule has 0 aliphatic heterocycles. The normalized spacial score (nSPS) is 9.54. The van der Waals surface area contributed by atoms with Crippen LogP contribution in [0.4, 0.5) is 5.69 Å². The molecule has 0 radical (unpaired) electrons. The first kappa shape index (κ1) is 9.85. The van der Waals surface area contributed by atoms with Crippen molar-refractivity contribution in [2.75, 3.05) is 12.5 Å². The van der Waals surface area contributed by atoms with Crippen molar-refractivity contribution in [1.82, 2.24) is 0 Å². The quantitative estimate of drug-likeness (QED) is 0.264. The van der Waals surface area contributed by atoms with Gasteiger partial charge in [0, 0.05) is 11.5 Å². The van der Waals surface area contributed by atoms with Crippen LogP contribution in [0.3, 0.4) is 0 Å². The lowest BCUT2D eigenvalue weighted by Crippen LogP contribution is -2.33. The van der Waals surface area contributed by atoms with Gasteiger partial charge in [-0.25, -0.2) is 0 Å². The number of nitrogens with one attached hydrogen (secondary N) is 1. The van der Waals surface area contributed by atoms with Gasteiger partial charge in [0.05, 0.1) is 12.8 Å². The Kier molecular flexibility index (Phi) is 3.13. The number of benzene rings is 1. The van der Waals surface area contributed by atoms with Gasteiger partial charge in [-0.1, -0.05) is 6.07 Å². The smallest absolute Gasteiger partial charge is 0.490 e. The summed E-state index contributed by atoms with van der Waals surface area (Å²) in [5.41, 5.74) is 3.09. The molecule has 0 bridgehead atoms. The molecule has 0 fully saturated rings. The number of hydrogen-bond acceptors (Lipinski definition) is 5. The van der Waals surface area contributed by atoms with E-state index in [0.29, 0.717) is 16.9 Å². The SMILES string of the molecule is COc1ccc(B(O)O)c(NN)c1. The van der Waals surface area contributed by atoms with Crippen LogP contribution >= 0.6 is 0 Å². The topological polar surface area (TPSA) is 87.7 Å². The van der Waals surface area contributed by atoms with E-state index in [1.165, 1.54) is 13.2 Å². The molecule has 0 aromatic heterocycles. The number of methoxy groups -OCH3 is 1. The Hall–Kier alpha value is -1.24. The van der Waals surface area contributed by atoms with Crippen LogP contribution in [0.5, 0.6) is 5.75 Å². The number of nitrogen functional groups attached to an aromatic ring is 1. The monoisotopic (exact) mass is 182 g/mol. The van der Waals surface area contributed by atoms with E-state index in [2.05, 4.69) is 5.43 Å². The van der Waals surface area contributed by atoms with Crippen LogP contribution in [0.2, 0.25) is 0 Å². The maximum atomic E-state index is 8.92. The Balaban J connectivity index is 3.08. The highest BCUT2D eigenvalue weighted by Crippen LogP contribution is 2.14. The number of hydrogen-bond donors (Lipinski definition) is 4. The summed E-state index contributed by atoms with van der Waals surface area (Å²) < 4.78 is 4.93. The first-order valence-corrected chi connectivity index (χ1v) is 3.69. The van der Waals surface area contributed by atoms with Crippen molar-refractivity contribution < 1.29 is 14.8 Å². The second-order valence-corrected chi connectivity index (χ2v) is 2.47. The molecule has 0 spiro atoms. The molecule has 0 saturated heterocycles. The first-order chi connectivity index (χ1) is 6.19. The van der Waals surface area contributed by atoms with E-state index >= 15 is 0 Å². The van der Waals surface area contributed by atoms with Crippen LogP contribution in [0.1, 0.15) is 0 Å². The molecule has 13 heavy (non-hydrogen) atoms. The summed E-state index contributed by atoms with van der Waals surface area (Å²) in [6, 6.07) is 4.73. The summed E-state index contributed by atoms with van der Waals surface area (Å²) in [6.45, 7) is 0. The standard InChI is InChI=1S/C7H11BN2O3/c1-13-5-2-3-6(8(11)12)7(4-5)10-9/h2-4,10-12H,9H2,1H3. The maximum Gasteiger partial charge on any atom is 0.490 e. The molecule has 5 N–H and O–H groups in total. The zero-order valence-corrected chi connectivity index (χ0v) is 7.19. The molecule has 70 valence electrons. The zero-order chi connectivity index (χ0) is 9.84. The van der Waals surface area contributed by atoms with Gasteiger partial charge >= 0.3 is 7.12 Å². The van der Waals surface area contributed by atoms with E-state index in [1.54, 1.807) is 12.1 Å². The Morgan fingerprint density at radius 3 is 2.62 bits per heavy atom. The number of hydrazine groups is 1. The molecule has 0 amide bonds. The number of anilines is 1. The van der Waals surface area contributed by atoms with Crippen molar-refractivity contribution in [2.24, 2.45) is 5.84 Å². The minimum atomic E-state index is -1.54. The second kappa shape index (κ2) is 4.13. The van der Waals surface area contributed by atoms with Crippen LogP contribution < -0.4 is 21.5 Å². The molecule has 5 nitrogen and oxygen atoms in total. The minimum absolute atomic E-state index is 0.309. The van der Waals surface area contributed by atoms with Gasteiger partial charge < -0.3 is 20.2 Å². The van der Waals surface area contributed by atoms with Crippen molar-refractivity contribution >= 4 is 18.3 Å².